The second kappa shape index (κ2) is 8.57. The molecule has 2 aromatic rings. The van der Waals surface area contributed by atoms with Crippen molar-refractivity contribution in [1.29, 1.82) is 0 Å². The van der Waals surface area contributed by atoms with E-state index in [1.54, 1.807) is 18.2 Å². The zero-order valence-corrected chi connectivity index (χ0v) is 14.8. The van der Waals surface area contributed by atoms with Crippen LogP contribution >= 0.6 is 0 Å². The van der Waals surface area contributed by atoms with Gasteiger partial charge in [-0.2, -0.15) is 0 Å². The molecule has 0 fully saturated rings. The fraction of sp³-hybridized carbons (Fsp3) is 0.222. The standard InChI is InChI=1S/C18H18FNO5S/c1-25-18(22)16(20-17(21)13-7-9-14(19)10-8-13)11-12-26(23,24)15-5-3-2-4-6-15/h2-10,16H,11-12H2,1H3,(H,20,21)/t16-/m1/s1. The summed E-state index contributed by atoms with van der Waals surface area (Å²) < 4.78 is 42.2. The lowest BCUT2D eigenvalue weighted by Crippen LogP contribution is -2.42. The molecular weight excluding hydrogens is 361 g/mol. The van der Waals surface area contributed by atoms with Crippen molar-refractivity contribution in [2.24, 2.45) is 0 Å². The van der Waals surface area contributed by atoms with E-state index in [4.69, 9.17) is 0 Å². The van der Waals surface area contributed by atoms with Crippen molar-refractivity contribution >= 4 is 21.7 Å². The minimum absolute atomic E-state index is 0.133. The van der Waals surface area contributed by atoms with Crippen molar-refractivity contribution < 1.29 is 27.1 Å². The molecule has 26 heavy (non-hydrogen) atoms. The third-order valence-electron chi connectivity index (χ3n) is 3.68. The number of benzene rings is 2. The molecule has 0 saturated heterocycles. The molecule has 0 aliphatic carbocycles. The van der Waals surface area contributed by atoms with E-state index < -0.39 is 33.6 Å². The largest absolute Gasteiger partial charge is 0.467 e. The molecule has 1 atom stereocenters. The van der Waals surface area contributed by atoms with Gasteiger partial charge in [-0.15, -0.1) is 0 Å². The summed E-state index contributed by atoms with van der Waals surface area (Å²) in [4.78, 5) is 24.2. The second-order valence-electron chi connectivity index (χ2n) is 5.48. The van der Waals surface area contributed by atoms with E-state index in [0.717, 1.165) is 19.2 Å². The Morgan fingerprint density at radius 2 is 1.69 bits per heavy atom. The van der Waals surface area contributed by atoms with Crippen LogP contribution in [0.3, 0.4) is 0 Å². The van der Waals surface area contributed by atoms with Crippen LogP contribution in [0.25, 0.3) is 0 Å². The van der Waals surface area contributed by atoms with Crippen LogP contribution in [0.5, 0.6) is 0 Å². The molecule has 0 aliphatic heterocycles. The van der Waals surface area contributed by atoms with Gasteiger partial charge in [0, 0.05) is 5.56 Å². The summed E-state index contributed by atoms with van der Waals surface area (Å²) in [6.07, 6.45) is -0.156. The first-order valence-corrected chi connectivity index (χ1v) is 9.41. The fourth-order valence-electron chi connectivity index (χ4n) is 2.25. The molecular formula is C18H18FNO5S. The van der Waals surface area contributed by atoms with E-state index in [-0.39, 0.29) is 22.6 Å². The number of ether oxygens (including phenoxy) is 1. The number of carbonyl (C=O) groups is 2. The Morgan fingerprint density at radius 3 is 2.27 bits per heavy atom. The highest BCUT2D eigenvalue weighted by Crippen LogP contribution is 2.13. The molecule has 0 spiro atoms. The summed E-state index contributed by atoms with van der Waals surface area (Å²) in [5.74, 6) is -2.23. The lowest BCUT2D eigenvalue weighted by atomic mass is 10.1. The van der Waals surface area contributed by atoms with Crippen molar-refractivity contribution in [2.75, 3.05) is 12.9 Å². The van der Waals surface area contributed by atoms with Crippen LogP contribution in [0.1, 0.15) is 16.8 Å². The smallest absolute Gasteiger partial charge is 0.328 e. The molecule has 0 heterocycles. The molecule has 138 valence electrons. The minimum atomic E-state index is -3.61. The molecule has 0 saturated carbocycles. The normalized spacial score (nSPS) is 12.2. The van der Waals surface area contributed by atoms with Crippen molar-refractivity contribution in [1.82, 2.24) is 5.32 Å². The Hall–Kier alpha value is -2.74. The predicted molar refractivity (Wildman–Crippen MR) is 92.8 cm³/mol. The Labute approximate surface area is 150 Å². The van der Waals surface area contributed by atoms with Gasteiger partial charge in [0.15, 0.2) is 9.84 Å². The first-order valence-electron chi connectivity index (χ1n) is 7.75. The number of amides is 1. The number of hydrogen-bond donors (Lipinski definition) is 1. The number of esters is 1. The lowest BCUT2D eigenvalue weighted by molar-refractivity contribution is -0.142. The van der Waals surface area contributed by atoms with Crippen LogP contribution < -0.4 is 5.32 Å². The van der Waals surface area contributed by atoms with E-state index in [1.165, 1.54) is 24.3 Å². The number of halogens is 1. The summed E-state index contributed by atoms with van der Waals surface area (Å²) in [6, 6.07) is 11.4. The summed E-state index contributed by atoms with van der Waals surface area (Å²) >= 11 is 0. The van der Waals surface area contributed by atoms with Crippen LogP contribution in [0.4, 0.5) is 4.39 Å². The van der Waals surface area contributed by atoms with E-state index >= 15 is 0 Å². The molecule has 0 aliphatic rings. The van der Waals surface area contributed by atoms with E-state index in [0.29, 0.717) is 0 Å². The highest BCUT2D eigenvalue weighted by molar-refractivity contribution is 7.91. The number of sulfone groups is 1. The Bertz CT molecular complexity index is 866. The quantitative estimate of drug-likeness (QED) is 0.743. The third-order valence-corrected chi connectivity index (χ3v) is 5.44. The van der Waals surface area contributed by atoms with Gasteiger partial charge in [0.2, 0.25) is 0 Å². The molecule has 1 amide bonds. The zero-order valence-electron chi connectivity index (χ0n) is 14.0. The fourth-order valence-corrected chi connectivity index (χ4v) is 3.61. The van der Waals surface area contributed by atoms with Crippen LogP contribution in [0.2, 0.25) is 0 Å². The molecule has 0 aromatic heterocycles. The van der Waals surface area contributed by atoms with E-state index in [2.05, 4.69) is 10.1 Å². The topological polar surface area (TPSA) is 89.5 Å². The van der Waals surface area contributed by atoms with Gasteiger partial charge in [0.1, 0.15) is 11.9 Å². The van der Waals surface area contributed by atoms with Crippen molar-refractivity contribution in [3.05, 3.63) is 66.0 Å². The number of nitrogens with one attached hydrogen (secondary N) is 1. The van der Waals surface area contributed by atoms with Crippen molar-refractivity contribution in [3.8, 4) is 0 Å². The average Bonchev–Trinajstić information content (AvgIpc) is 2.65. The number of carbonyl (C=O) groups excluding carboxylic acids is 2. The molecule has 2 rings (SSSR count). The summed E-state index contributed by atoms with van der Waals surface area (Å²) in [5.41, 5.74) is 0.145. The lowest BCUT2D eigenvalue weighted by Gasteiger charge is -2.16. The average molecular weight is 379 g/mol. The third kappa shape index (κ3) is 5.13. The van der Waals surface area contributed by atoms with Gasteiger partial charge >= 0.3 is 5.97 Å². The van der Waals surface area contributed by atoms with E-state index in [9.17, 15) is 22.4 Å². The van der Waals surface area contributed by atoms with Crippen LogP contribution in [0, 0.1) is 5.82 Å². The second-order valence-corrected chi connectivity index (χ2v) is 7.59. The van der Waals surface area contributed by atoms with E-state index in [1.807, 2.05) is 0 Å². The first kappa shape index (κ1) is 19.6. The van der Waals surface area contributed by atoms with Gasteiger partial charge in [-0.3, -0.25) is 4.79 Å². The predicted octanol–water partition coefficient (Wildman–Crippen LogP) is 1.96. The summed E-state index contributed by atoms with van der Waals surface area (Å²) in [7, 11) is -2.47. The maximum Gasteiger partial charge on any atom is 0.328 e. The van der Waals surface area contributed by atoms with Gasteiger partial charge in [0.25, 0.3) is 5.91 Å². The molecule has 8 heteroatoms. The molecule has 2 aromatic carbocycles. The van der Waals surface area contributed by atoms with Crippen LogP contribution in [-0.2, 0) is 19.4 Å². The van der Waals surface area contributed by atoms with Crippen molar-refractivity contribution in [3.63, 3.8) is 0 Å². The van der Waals surface area contributed by atoms with Gasteiger partial charge < -0.3 is 10.1 Å². The monoisotopic (exact) mass is 379 g/mol. The maximum absolute atomic E-state index is 12.9. The Kier molecular flexibility index (Phi) is 6.46. The number of hydrogen-bond acceptors (Lipinski definition) is 5. The van der Waals surface area contributed by atoms with Gasteiger partial charge in [-0.25, -0.2) is 17.6 Å². The number of rotatable bonds is 7. The highest BCUT2D eigenvalue weighted by Gasteiger charge is 2.25. The Balaban J connectivity index is 2.09. The molecule has 1 N–H and O–H groups in total. The Morgan fingerprint density at radius 1 is 1.08 bits per heavy atom. The van der Waals surface area contributed by atoms with Crippen molar-refractivity contribution in [2.45, 2.75) is 17.4 Å². The van der Waals surface area contributed by atoms with Gasteiger partial charge in [-0.05, 0) is 42.8 Å². The zero-order chi connectivity index (χ0) is 19.2. The molecule has 0 radical (unpaired) electrons. The molecule has 0 bridgehead atoms. The van der Waals surface area contributed by atoms with Gasteiger partial charge in [-0.1, -0.05) is 18.2 Å². The molecule has 6 nitrogen and oxygen atoms in total. The minimum Gasteiger partial charge on any atom is -0.467 e. The van der Waals surface area contributed by atoms with Crippen LogP contribution in [0.15, 0.2) is 59.5 Å². The highest BCUT2D eigenvalue weighted by atomic mass is 32.2. The van der Waals surface area contributed by atoms with Gasteiger partial charge in [0.05, 0.1) is 17.8 Å². The SMILES string of the molecule is COC(=O)[C@@H](CCS(=O)(=O)c1ccccc1)NC(=O)c1ccc(F)cc1. The first-order chi connectivity index (χ1) is 12.3. The van der Waals surface area contributed by atoms with Crippen LogP contribution in [-0.4, -0.2) is 39.2 Å². The number of methoxy groups -OCH3 is 1. The maximum atomic E-state index is 12.9. The summed E-state index contributed by atoms with van der Waals surface area (Å²) in [5, 5.41) is 2.43. The molecule has 0 unspecified atom stereocenters. The summed E-state index contributed by atoms with van der Waals surface area (Å²) in [6.45, 7) is 0.